The summed E-state index contributed by atoms with van der Waals surface area (Å²) in [5, 5.41) is 4.07. The molecule has 2 unspecified atom stereocenters. The van der Waals surface area contributed by atoms with Crippen LogP contribution < -0.4 is 5.73 Å². The van der Waals surface area contributed by atoms with Crippen molar-refractivity contribution >= 4 is 0 Å². The summed E-state index contributed by atoms with van der Waals surface area (Å²) in [6.07, 6.45) is 3.62. The molecule has 1 saturated carbocycles. The summed E-state index contributed by atoms with van der Waals surface area (Å²) in [5.74, 6) is 3.04. The number of aromatic nitrogens is 2. The molecule has 1 aromatic rings. The van der Waals surface area contributed by atoms with E-state index in [1.54, 1.807) is 0 Å². The Bertz CT molecular complexity index is 348. The molecule has 0 bridgehead atoms. The van der Waals surface area contributed by atoms with Gasteiger partial charge in [-0.2, -0.15) is 4.98 Å². The van der Waals surface area contributed by atoms with E-state index in [0.29, 0.717) is 17.7 Å². The van der Waals surface area contributed by atoms with Crippen molar-refractivity contribution in [2.24, 2.45) is 17.6 Å². The first kappa shape index (κ1) is 11.6. The van der Waals surface area contributed by atoms with Gasteiger partial charge in [-0.25, -0.2) is 0 Å². The average Bonchev–Trinajstić information content (AvgIpc) is 2.84. The van der Waals surface area contributed by atoms with Crippen LogP contribution in [0.3, 0.4) is 0 Å². The minimum Gasteiger partial charge on any atom is -0.338 e. The zero-order valence-corrected chi connectivity index (χ0v) is 10.3. The highest BCUT2D eigenvalue weighted by molar-refractivity contribution is 5.01. The van der Waals surface area contributed by atoms with Gasteiger partial charge in [0.15, 0.2) is 5.82 Å². The largest absolute Gasteiger partial charge is 0.338 e. The molecule has 1 fully saturated rings. The van der Waals surface area contributed by atoms with Crippen LogP contribution in [0.4, 0.5) is 0 Å². The standard InChI is InChI=1S/C12H21N3O/c1-7(2)10(13)12-14-11(15-16-12)9-5-4-8(3)6-9/h7-10H,4-6,13H2,1-3H3/t8?,9?,10-/m0/s1. The van der Waals surface area contributed by atoms with E-state index in [4.69, 9.17) is 10.3 Å². The van der Waals surface area contributed by atoms with E-state index in [9.17, 15) is 0 Å². The van der Waals surface area contributed by atoms with Gasteiger partial charge in [0.05, 0.1) is 6.04 Å². The quantitative estimate of drug-likeness (QED) is 0.855. The molecule has 0 aliphatic heterocycles. The molecule has 2 rings (SSSR count). The first-order valence-corrected chi connectivity index (χ1v) is 6.17. The number of hydrogen-bond donors (Lipinski definition) is 1. The van der Waals surface area contributed by atoms with Gasteiger partial charge in [0, 0.05) is 5.92 Å². The van der Waals surface area contributed by atoms with Gasteiger partial charge in [-0.15, -0.1) is 0 Å². The van der Waals surface area contributed by atoms with Crippen LogP contribution in [0, 0.1) is 11.8 Å². The lowest BCUT2D eigenvalue weighted by molar-refractivity contribution is 0.321. The molecule has 0 amide bonds. The Labute approximate surface area is 96.6 Å². The molecular weight excluding hydrogens is 202 g/mol. The number of rotatable bonds is 3. The minimum atomic E-state index is -0.139. The molecule has 0 spiro atoms. The average molecular weight is 223 g/mol. The Morgan fingerprint density at radius 3 is 2.69 bits per heavy atom. The van der Waals surface area contributed by atoms with E-state index in [2.05, 4.69) is 30.9 Å². The molecule has 4 heteroatoms. The predicted octanol–water partition coefficient (Wildman–Crippen LogP) is 2.63. The van der Waals surface area contributed by atoms with Crippen LogP contribution in [-0.4, -0.2) is 10.1 Å². The molecule has 0 radical (unpaired) electrons. The van der Waals surface area contributed by atoms with Crippen molar-refractivity contribution in [3.8, 4) is 0 Å². The maximum atomic E-state index is 5.98. The van der Waals surface area contributed by atoms with Crippen molar-refractivity contribution in [3.63, 3.8) is 0 Å². The molecule has 0 aromatic carbocycles. The van der Waals surface area contributed by atoms with Crippen LogP contribution in [0.15, 0.2) is 4.52 Å². The number of nitrogens with zero attached hydrogens (tertiary/aromatic N) is 2. The molecule has 1 aromatic heterocycles. The summed E-state index contributed by atoms with van der Waals surface area (Å²) in [7, 11) is 0. The van der Waals surface area contributed by atoms with Gasteiger partial charge in [0.1, 0.15) is 0 Å². The maximum Gasteiger partial charge on any atom is 0.243 e. The SMILES string of the molecule is CC1CCC(c2noc([C@@H](N)C(C)C)n2)C1. The second-order valence-electron chi connectivity index (χ2n) is 5.38. The van der Waals surface area contributed by atoms with Crippen molar-refractivity contribution in [1.82, 2.24) is 10.1 Å². The molecular formula is C12H21N3O. The Kier molecular flexibility index (Phi) is 3.28. The lowest BCUT2D eigenvalue weighted by atomic mass is 10.0. The van der Waals surface area contributed by atoms with E-state index < -0.39 is 0 Å². The second-order valence-corrected chi connectivity index (χ2v) is 5.38. The van der Waals surface area contributed by atoms with Crippen LogP contribution in [0.1, 0.15) is 63.7 Å². The van der Waals surface area contributed by atoms with Gasteiger partial charge >= 0.3 is 0 Å². The smallest absolute Gasteiger partial charge is 0.243 e. The summed E-state index contributed by atoms with van der Waals surface area (Å²) in [5.41, 5.74) is 5.98. The highest BCUT2D eigenvalue weighted by Crippen LogP contribution is 2.36. The molecule has 90 valence electrons. The topological polar surface area (TPSA) is 64.9 Å². The molecule has 1 aliphatic rings. The molecule has 3 atom stereocenters. The Balaban J connectivity index is 2.07. The number of nitrogens with two attached hydrogens (primary N) is 1. The molecule has 1 heterocycles. The second kappa shape index (κ2) is 4.53. The summed E-state index contributed by atoms with van der Waals surface area (Å²) >= 11 is 0. The van der Waals surface area contributed by atoms with Crippen molar-refractivity contribution in [2.45, 2.75) is 52.0 Å². The lowest BCUT2D eigenvalue weighted by Crippen LogP contribution is -2.17. The first-order chi connectivity index (χ1) is 7.58. The van der Waals surface area contributed by atoms with E-state index in [1.807, 2.05) is 0 Å². The van der Waals surface area contributed by atoms with Crippen LogP contribution in [0.5, 0.6) is 0 Å². The van der Waals surface area contributed by atoms with E-state index >= 15 is 0 Å². The van der Waals surface area contributed by atoms with Gasteiger partial charge in [0.2, 0.25) is 5.89 Å². The van der Waals surface area contributed by atoms with Gasteiger partial charge in [-0.3, -0.25) is 0 Å². The lowest BCUT2D eigenvalue weighted by Gasteiger charge is -2.09. The van der Waals surface area contributed by atoms with Crippen molar-refractivity contribution < 1.29 is 4.52 Å². The summed E-state index contributed by atoms with van der Waals surface area (Å²) < 4.78 is 5.25. The van der Waals surface area contributed by atoms with Crippen molar-refractivity contribution in [1.29, 1.82) is 0 Å². The van der Waals surface area contributed by atoms with Crippen molar-refractivity contribution in [2.75, 3.05) is 0 Å². The van der Waals surface area contributed by atoms with Crippen LogP contribution >= 0.6 is 0 Å². The van der Waals surface area contributed by atoms with Gasteiger partial charge in [-0.05, 0) is 31.1 Å². The van der Waals surface area contributed by atoms with E-state index in [1.165, 1.54) is 19.3 Å². The third-order valence-corrected chi connectivity index (χ3v) is 3.52. The summed E-state index contributed by atoms with van der Waals surface area (Å²) in [6.45, 7) is 6.40. The zero-order valence-electron chi connectivity index (χ0n) is 10.3. The normalized spacial score (nSPS) is 27.6. The Morgan fingerprint density at radius 1 is 1.38 bits per heavy atom. The molecule has 0 saturated heterocycles. The highest BCUT2D eigenvalue weighted by atomic mass is 16.5. The molecule has 2 N–H and O–H groups in total. The Morgan fingerprint density at radius 2 is 2.12 bits per heavy atom. The highest BCUT2D eigenvalue weighted by Gasteiger charge is 2.28. The van der Waals surface area contributed by atoms with E-state index in [0.717, 1.165) is 11.7 Å². The summed E-state index contributed by atoms with van der Waals surface area (Å²) in [4.78, 5) is 4.45. The first-order valence-electron chi connectivity index (χ1n) is 6.17. The third-order valence-electron chi connectivity index (χ3n) is 3.52. The number of hydrogen-bond acceptors (Lipinski definition) is 4. The summed E-state index contributed by atoms with van der Waals surface area (Å²) in [6, 6.07) is -0.139. The van der Waals surface area contributed by atoms with Gasteiger partial charge < -0.3 is 10.3 Å². The maximum absolute atomic E-state index is 5.98. The molecule has 4 nitrogen and oxygen atoms in total. The van der Waals surface area contributed by atoms with Crippen LogP contribution in [-0.2, 0) is 0 Å². The van der Waals surface area contributed by atoms with Gasteiger partial charge in [-0.1, -0.05) is 25.9 Å². The fourth-order valence-electron chi connectivity index (χ4n) is 2.28. The Hall–Kier alpha value is -0.900. The van der Waals surface area contributed by atoms with Crippen LogP contribution in [0.2, 0.25) is 0 Å². The van der Waals surface area contributed by atoms with Gasteiger partial charge in [0.25, 0.3) is 0 Å². The predicted molar refractivity (Wildman–Crippen MR) is 61.8 cm³/mol. The fraction of sp³-hybridized carbons (Fsp3) is 0.833. The van der Waals surface area contributed by atoms with Crippen LogP contribution in [0.25, 0.3) is 0 Å². The third kappa shape index (κ3) is 2.26. The fourth-order valence-corrected chi connectivity index (χ4v) is 2.28. The molecule has 16 heavy (non-hydrogen) atoms. The molecule has 1 aliphatic carbocycles. The monoisotopic (exact) mass is 223 g/mol. The minimum absolute atomic E-state index is 0.139. The van der Waals surface area contributed by atoms with E-state index in [-0.39, 0.29) is 6.04 Å². The zero-order chi connectivity index (χ0) is 11.7. The van der Waals surface area contributed by atoms with Crippen molar-refractivity contribution in [3.05, 3.63) is 11.7 Å².